The lowest BCUT2D eigenvalue weighted by Crippen LogP contribution is -2.63. The highest BCUT2D eigenvalue weighted by Gasteiger charge is 2.67. The zero-order chi connectivity index (χ0) is 16.4. The second-order valence-electron chi connectivity index (χ2n) is 7.75. The summed E-state index contributed by atoms with van der Waals surface area (Å²) in [5.74, 6) is -0.0203. The molecule has 0 aliphatic heterocycles. The van der Waals surface area contributed by atoms with Crippen molar-refractivity contribution in [3.05, 3.63) is 23.5 Å². The predicted molar refractivity (Wildman–Crippen MR) is 82.0 cm³/mol. The van der Waals surface area contributed by atoms with Gasteiger partial charge in [0.25, 0.3) is 0 Å². The summed E-state index contributed by atoms with van der Waals surface area (Å²) in [5, 5.41) is 10.6. The van der Waals surface area contributed by atoms with Crippen molar-refractivity contribution in [2.75, 3.05) is 7.11 Å². The summed E-state index contributed by atoms with van der Waals surface area (Å²) in [7, 11) is 1.31. The third-order valence-electron chi connectivity index (χ3n) is 6.48. The predicted octanol–water partition coefficient (Wildman–Crippen LogP) is 3.19. The van der Waals surface area contributed by atoms with Crippen LogP contribution in [-0.2, 0) is 14.3 Å². The highest BCUT2D eigenvalue weighted by Crippen LogP contribution is 2.67. The van der Waals surface area contributed by atoms with Crippen molar-refractivity contribution in [2.24, 2.45) is 28.6 Å². The van der Waals surface area contributed by atoms with E-state index in [0.29, 0.717) is 6.42 Å². The van der Waals surface area contributed by atoms with Gasteiger partial charge in [0.15, 0.2) is 0 Å². The molecule has 0 aromatic carbocycles. The fourth-order valence-corrected chi connectivity index (χ4v) is 5.42. The van der Waals surface area contributed by atoms with Crippen LogP contribution in [0.4, 0.5) is 0 Å². The molecule has 0 saturated heterocycles. The largest absolute Gasteiger partial charge is 0.511 e. The van der Waals surface area contributed by atoms with E-state index in [1.807, 2.05) is 20.8 Å². The van der Waals surface area contributed by atoms with E-state index in [9.17, 15) is 14.7 Å². The number of hydrogen-bond acceptors (Lipinski definition) is 4. The van der Waals surface area contributed by atoms with Gasteiger partial charge in [-0.2, -0.15) is 0 Å². The molecule has 22 heavy (non-hydrogen) atoms. The van der Waals surface area contributed by atoms with Crippen LogP contribution < -0.4 is 0 Å². The fraction of sp³-hybridized carbons (Fsp3) is 0.667. The van der Waals surface area contributed by atoms with Gasteiger partial charge >= 0.3 is 5.97 Å². The lowest BCUT2D eigenvalue weighted by molar-refractivity contribution is -0.170. The molecule has 0 aromatic heterocycles. The molecule has 120 valence electrons. The highest BCUT2D eigenvalue weighted by molar-refractivity contribution is 5.97. The molecule has 4 rings (SSSR count). The number of fused-ring (bicyclic) bond motifs is 1. The minimum absolute atomic E-state index is 0.0805. The van der Waals surface area contributed by atoms with Crippen LogP contribution in [0.3, 0.4) is 0 Å². The summed E-state index contributed by atoms with van der Waals surface area (Å²) < 4.78 is 4.79. The monoisotopic (exact) mass is 304 g/mol. The van der Waals surface area contributed by atoms with Crippen LogP contribution in [0.2, 0.25) is 0 Å². The van der Waals surface area contributed by atoms with E-state index in [1.54, 1.807) is 0 Å². The molecule has 4 aliphatic carbocycles. The van der Waals surface area contributed by atoms with Gasteiger partial charge in [0.05, 0.1) is 12.7 Å². The molecule has 0 unspecified atom stereocenters. The number of hydrogen-bond donors (Lipinski definition) is 1. The first-order valence-electron chi connectivity index (χ1n) is 7.87. The Bertz CT molecular complexity index is 617. The summed E-state index contributed by atoms with van der Waals surface area (Å²) in [6.07, 6.45) is 1.73. The molecular weight excluding hydrogens is 280 g/mol. The van der Waals surface area contributed by atoms with E-state index in [4.69, 9.17) is 4.74 Å². The number of methoxy groups -OCH3 is 1. The third-order valence-corrected chi connectivity index (χ3v) is 6.48. The molecule has 4 heteroatoms. The van der Waals surface area contributed by atoms with Crippen LogP contribution in [0.15, 0.2) is 23.5 Å². The lowest BCUT2D eigenvalue weighted by Gasteiger charge is -2.62. The van der Waals surface area contributed by atoms with E-state index in [1.165, 1.54) is 7.11 Å². The third kappa shape index (κ3) is 1.64. The Kier molecular flexibility index (Phi) is 3.11. The van der Waals surface area contributed by atoms with E-state index in [2.05, 4.69) is 6.58 Å². The zero-order valence-corrected chi connectivity index (χ0v) is 13.7. The van der Waals surface area contributed by atoms with Crippen LogP contribution in [-0.4, -0.2) is 24.0 Å². The quantitative estimate of drug-likeness (QED) is 0.628. The smallest absolute Gasteiger partial charge is 0.337 e. The van der Waals surface area contributed by atoms with Crippen molar-refractivity contribution < 1.29 is 19.4 Å². The molecule has 1 N–H and O–H groups in total. The minimum Gasteiger partial charge on any atom is -0.511 e. The van der Waals surface area contributed by atoms with Gasteiger partial charge in [-0.1, -0.05) is 26.0 Å². The zero-order valence-electron chi connectivity index (χ0n) is 13.7. The topological polar surface area (TPSA) is 63.6 Å². The molecule has 4 nitrogen and oxygen atoms in total. The Morgan fingerprint density at radius 1 is 1.36 bits per heavy atom. The van der Waals surface area contributed by atoms with Gasteiger partial charge in [-0.3, -0.25) is 4.79 Å². The van der Waals surface area contributed by atoms with Crippen molar-refractivity contribution in [1.29, 1.82) is 0 Å². The van der Waals surface area contributed by atoms with Crippen molar-refractivity contribution in [3.63, 3.8) is 0 Å². The second-order valence-corrected chi connectivity index (χ2v) is 7.75. The number of allylic oxidation sites excluding steroid dienone is 2. The van der Waals surface area contributed by atoms with Crippen molar-refractivity contribution in [1.82, 2.24) is 0 Å². The van der Waals surface area contributed by atoms with Gasteiger partial charge in [0, 0.05) is 16.7 Å². The number of aliphatic hydroxyl groups is 1. The number of carbonyl (C=O) groups is 2. The molecule has 0 heterocycles. The number of carbonyl (C=O) groups excluding carboxylic acids is 2. The number of esters is 1. The van der Waals surface area contributed by atoms with Crippen molar-refractivity contribution >= 4 is 11.8 Å². The number of Topliss-reactive ketones (excluding diaryl/α,β-unsaturated/α-hetero) is 1. The SMILES string of the molecule is C=C(C)[C@@H]1C[C@H]2[C@H]3C[C@]1(C)C(=O)[C@@]2(C)CC(C(=O)OC)=C3O. The molecule has 4 aliphatic rings. The Morgan fingerprint density at radius 3 is 2.55 bits per heavy atom. The van der Waals surface area contributed by atoms with Crippen LogP contribution in [0.25, 0.3) is 0 Å². The Morgan fingerprint density at radius 2 is 2.00 bits per heavy atom. The standard InChI is InChI=1S/C18H24O4/c1-9(2)12-6-13-10-7-17(12,3)16(21)18(13,4)8-11(14(10)19)15(20)22-5/h10,12-13,19H,1,6-8H2,2-5H3/t10-,12+,13+,17+,18+/m1/s1. The van der Waals surface area contributed by atoms with Gasteiger partial charge in [-0.15, -0.1) is 0 Å². The van der Waals surface area contributed by atoms with Gasteiger partial charge in [0.2, 0.25) is 0 Å². The van der Waals surface area contributed by atoms with Crippen molar-refractivity contribution in [2.45, 2.75) is 40.0 Å². The molecule has 3 saturated carbocycles. The maximum Gasteiger partial charge on any atom is 0.337 e. The Labute approximate surface area is 131 Å². The molecule has 4 bridgehead atoms. The minimum atomic E-state index is -0.584. The first-order chi connectivity index (χ1) is 10.2. The van der Waals surface area contributed by atoms with E-state index < -0.39 is 16.8 Å². The summed E-state index contributed by atoms with van der Waals surface area (Å²) >= 11 is 0. The molecule has 0 aromatic rings. The molecule has 0 spiro atoms. The van der Waals surface area contributed by atoms with Crippen LogP contribution in [0.1, 0.15) is 40.0 Å². The molecular formula is C18H24O4. The average Bonchev–Trinajstić information content (AvgIpc) is 2.47. The van der Waals surface area contributed by atoms with Gasteiger partial charge in [-0.05, 0) is 38.0 Å². The van der Waals surface area contributed by atoms with Crippen molar-refractivity contribution in [3.8, 4) is 0 Å². The molecule has 0 amide bonds. The van der Waals surface area contributed by atoms with Crippen LogP contribution >= 0.6 is 0 Å². The normalized spacial score (nSPS) is 43.3. The van der Waals surface area contributed by atoms with Gasteiger partial charge in [0.1, 0.15) is 11.5 Å². The number of ketones is 1. The Balaban J connectivity index is 2.13. The lowest BCUT2D eigenvalue weighted by atomic mass is 9.39. The summed E-state index contributed by atoms with van der Waals surface area (Å²) in [6, 6.07) is 0. The maximum atomic E-state index is 13.2. The number of rotatable bonds is 2. The number of aliphatic hydroxyl groups excluding tert-OH is 1. The maximum absolute atomic E-state index is 13.2. The Hall–Kier alpha value is -1.58. The van der Waals surface area contributed by atoms with Gasteiger partial charge in [-0.25, -0.2) is 4.79 Å². The molecule has 0 radical (unpaired) electrons. The fourth-order valence-electron chi connectivity index (χ4n) is 5.42. The summed E-state index contributed by atoms with van der Waals surface area (Å²) in [5.41, 5.74) is 0.253. The first-order valence-corrected chi connectivity index (χ1v) is 7.87. The molecule has 5 atom stereocenters. The van der Waals surface area contributed by atoms with E-state index in [0.717, 1.165) is 12.0 Å². The van der Waals surface area contributed by atoms with Gasteiger partial charge < -0.3 is 9.84 Å². The summed E-state index contributed by atoms with van der Waals surface area (Å²) in [4.78, 5) is 25.2. The average molecular weight is 304 g/mol. The highest BCUT2D eigenvalue weighted by atomic mass is 16.5. The van der Waals surface area contributed by atoms with Crippen LogP contribution in [0, 0.1) is 28.6 Å². The number of ether oxygens (including phenoxy) is 1. The first kappa shape index (κ1) is 15.3. The van der Waals surface area contributed by atoms with Crippen LogP contribution in [0.5, 0.6) is 0 Å². The summed E-state index contributed by atoms with van der Waals surface area (Å²) in [6.45, 7) is 10.0. The molecule has 3 fully saturated rings. The second kappa shape index (κ2) is 4.46. The van der Waals surface area contributed by atoms with E-state index >= 15 is 0 Å². The van der Waals surface area contributed by atoms with E-state index in [-0.39, 0.29) is 41.3 Å².